The summed E-state index contributed by atoms with van der Waals surface area (Å²) in [7, 11) is 1.77. The van der Waals surface area contributed by atoms with E-state index in [4.69, 9.17) is 4.42 Å². The summed E-state index contributed by atoms with van der Waals surface area (Å²) in [6, 6.07) is 9.37. The molecule has 0 bridgehead atoms. The Morgan fingerprint density at radius 1 is 1.26 bits per heavy atom. The van der Waals surface area contributed by atoms with E-state index in [9.17, 15) is 4.79 Å². The molecule has 0 aliphatic heterocycles. The van der Waals surface area contributed by atoms with Crippen LogP contribution in [0.15, 0.2) is 39.6 Å². The summed E-state index contributed by atoms with van der Waals surface area (Å²) in [6.45, 7) is 4.27. The number of hydrogen-bond acceptors (Lipinski definition) is 3. The van der Waals surface area contributed by atoms with E-state index >= 15 is 0 Å². The topological polar surface area (TPSA) is 33.5 Å². The molecule has 1 heterocycles. The Labute approximate surface area is 118 Å². The van der Waals surface area contributed by atoms with Gasteiger partial charge in [0, 0.05) is 17.5 Å². The maximum Gasteiger partial charge on any atom is 0.254 e. The maximum atomic E-state index is 12.4. The number of nitrogens with zero attached hydrogens (tertiary/aromatic N) is 1. The summed E-state index contributed by atoms with van der Waals surface area (Å²) in [5.41, 5.74) is 1.63. The smallest absolute Gasteiger partial charge is 0.254 e. The lowest BCUT2D eigenvalue weighted by atomic mass is 10.1. The summed E-state index contributed by atoms with van der Waals surface area (Å²) >= 11 is 4.28. The highest BCUT2D eigenvalue weighted by molar-refractivity contribution is 7.80. The van der Waals surface area contributed by atoms with Crippen molar-refractivity contribution in [2.75, 3.05) is 7.05 Å². The van der Waals surface area contributed by atoms with Crippen molar-refractivity contribution in [1.82, 2.24) is 4.90 Å². The molecule has 0 unspecified atom stereocenters. The van der Waals surface area contributed by atoms with Gasteiger partial charge >= 0.3 is 0 Å². The van der Waals surface area contributed by atoms with E-state index in [1.54, 1.807) is 18.0 Å². The molecule has 4 heteroatoms. The van der Waals surface area contributed by atoms with Crippen molar-refractivity contribution in [3.05, 3.63) is 53.0 Å². The first-order chi connectivity index (χ1) is 8.97. The van der Waals surface area contributed by atoms with E-state index in [0.29, 0.717) is 12.1 Å². The van der Waals surface area contributed by atoms with Crippen molar-refractivity contribution in [3.63, 3.8) is 0 Å². The molecule has 2 aromatic rings. The van der Waals surface area contributed by atoms with E-state index in [2.05, 4.69) is 12.6 Å². The predicted octanol–water partition coefficient (Wildman–Crippen LogP) is 3.46. The molecule has 1 amide bonds. The van der Waals surface area contributed by atoms with Gasteiger partial charge in [-0.05, 0) is 43.7 Å². The van der Waals surface area contributed by atoms with Gasteiger partial charge in [-0.15, -0.1) is 12.6 Å². The maximum absolute atomic E-state index is 12.4. The van der Waals surface area contributed by atoms with Crippen LogP contribution in [0.4, 0.5) is 0 Å². The summed E-state index contributed by atoms with van der Waals surface area (Å²) in [4.78, 5) is 14.8. The molecule has 1 aromatic heterocycles. The average Bonchev–Trinajstić information content (AvgIpc) is 2.77. The number of thiol groups is 1. The Morgan fingerprint density at radius 3 is 2.63 bits per heavy atom. The second-order valence-corrected chi connectivity index (χ2v) is 5.19. The molecule has 0 aliphatic rings. The number of rotatable bonds is 3. The lowest BCUT2D eigenvalue weighted by Gasteiger charge is -2.17. The molecule has 1 aromatic carbocycles. The Kier molecular flexibility index (Phi) is 4.00. The zero-order valence-corrected chi connectivity index (χ0v) is 12.2. The molecule has 0 N–H and O–H groups in total. The fraction of sp³-hybridized carbons (Fsp3) is 0.267. The van der Waals surface area contributed by atoms with Crippen LogP contribution in [0.3, 0.4) is 0 Å². The summed E-state index contributed by atoms with van der Waals surface area (Å²) in [5, 5.41) is 0. The van der Waals surface area contributed by atoms with Gasteiger partial charge in [0.1, 0.15) is 11.5 Å². The number of furan rings is 1. The van der Waals surface area contributed by atoms with Crippen molar-refractivity contribution in [1.29, 1.82) is 0 Å². The van der Waals surface area contributed by atoms with Crippen molar-refractivity contribution < 1.29 is 9.21 Å². The number of carbonyl (C=O) groups excluding carboxylic acids is 1. The van der Waals surface area contributed by atoms with Gasteiger partial charge in [0.2, 0.25) is 0 Å². The number of benzene rings is 1. The van der Waals surface area contributed by atoms with Crippen LogP contribution in [0, 0.1) is 13.8 Å². The molecular weight excluding hydrogens is 258 g/mol. The van der Waals surface area contributed by atoms with Crippen molar-refractivity contribution in [2.45, 2.75) is 25.3 Å². The molecule has 0 aliphatic carbocycles. The van der Waals surface area contributed by atoms with Crippen molar-refractivity contribution in [3.8, 4) is 0 Å². The normalized spacial score (nSPS) is 10.5. The van der Waals surface area contributed by atoms with Gasteiger partial charge in [-0.1, -0.05) is 6.07 Å². The van der Waals surface area contributed by atoms with Gasteiger partial charge < -0.3 is 9.32 Å². The molecule has 0 spiro atoms. The molecule has 100 valence electrons. The van der Waals surface area contributed by atoms with Gasteiger partial charge in [0.15, 0.2) is 0 Å². The molecule has 0 radical (unpaired) electrons. The standard InChI is InChI=1S/C15H17NO2S/c1-10-4-7-13(19)8-14(10)15(17)16(3)9-12-6-5-11(2)18-12/h4-8,19H,9H2,1-3H3. The Balaban J connectivity index is 2.16. The SMILES string of the molecule is Cc1ccc(CN(C)C(=O)c2cc(S)ccc2C)o1. The van der Waals surface area contributed by atoms with Gasteiger partial charge in [0.05, 0.1) is 6.54 Å². The quantitative estimate of drug-likeness (QED) is 0.870. The van der Waals surface area contributed by atoms with E-state index in [-0.39, 0.29) is 5.91 Å². The van der Waals surface area contributed by atoms with Gasteiger partial charge in [0.25, 0.3) is 5.91 Å². The summed E-state index contributed by atoms with van der Waals surface area (Å²) in [6.07, 6.45) is 0. The van der Waals surface area contributed by atoms with E-state index in [1.807, 2.05) is 38.1 Å². The van der Waals surface area contributed by atoms with Crippen LogP contribution in [-0.2, 0) is 6.54 Å². The van der Waals surface area contributed by atoms with Gasteiger partial charge in [-0.25, -0.2) is 0 Å². The van der Waals surface area contributed by atoms with E-state index in [0.717, 1.165) is 22.0 Å². The molecule has 19 heavy (non-hydrogen) atoms. The number of hydrogen-bond donors (Lipinski definition) is 1. The van der Waals surface area contributed by atoms with Crippen molar-refractivity contribution in [2.24, 2.45) is 0 Å². The van der Waals surface area contributed by atoms with Crippen molar-refractivity contribution >= 4 is 18.5 Å². The number of aryl methyl sites for hydroxylation is 2. The molecule has 3 nitrogen and oxygen atoms in total. The monoisotopic (exact) mass is 275 g/mol. The fourth-order valence-corrected chi connectivity index (χ4v) is 2.13. The first kappa shape index (κ1) is 13.7. The van der Waals surface area contributed by atoms with Crippen LogP contribution in [0.1, 0.15) is 27.4 Å². The van der Waals surface area contributed by atoms with Crippen LogP contribution in [0.2, 0.25) is 0 Å². The third-order valence-electron chi connectivity index (χ3n) is 2.99. The third kappa shape index (κ3) is 3.20. The second kappa shape index (κ2) is 5.53. The molecule has 2 rings (SSSR count). The zero-order chi connectivity index (χ0) is 14.0. The minimum atomic E-state index is -0.0255. The van der Waals surface area contributed by atoms with Gasteiger partial charge in [-0.2, -0.15) is 0 Å². The minimum absolute atomic E-state index is 0.0255. The van der Waals surface area contributed by atoms with Crippen LogP contribution in [0.25, 0.3) is 0 Å². The Hall–Kier alpha value is -1.68. The highest BCUT2D eigenvalue weighted by atomic mass is 32.1. The number of carbonyl (C=O) groups is 1. The van der Waals surface area contributed by atoms with Crippen LogP contribution in [0.5, 0.6) is 0 Å². The fourth-order valence-electron chi connectivity index (χ4n) is 1.92. The molecule has 0 atom stereocenters. The zero-order valence-electron chi connectivity index (χ0n) is 11.3. The lowest BCUT2D eigenvalue weighted by molar-refractivity contribution is 0.0774. The molecule has 0 fully saturated rings. The van der Waals surface area contributed by atoms with Crippen LogP contribution >= 0.6 is 12.6 Å². The molecular formula is C15H17NO2S. The first-order valence-corrected chi connectivity index (χ1v) is 6.52. The molecule has 0 saturated carbocycles. The van der Waals surface area contributed by atoms with E-state index < -0.39 is 0 Å². The largest absolute Gasteiger partial charge is 0.464 e. The number of amides is 1. The first-order valence-electron chi connectivity index (χ1n) is 6.08. The summed E-state index contributed by atoms with van der Waals surface area (Å²) < 4.78 is 5.49. The third-order valence-corrected chi connectivity index (χ3v) is 3.27. The molecule has 0 saturated heterocycles. The highest BCUT2D eigenvalue weighted by Gasteiger charge is 2.15. The predicted molar refractivity (Wildman–Crippen MR) is 77.7 cm³/mol. The summed E-state index contributed by atoms with van der Waals surface area (Å²) in [5.74, 6) is 1.61. The Morgan fingerprint density at radius 2 is 2.00 bits per heavy atom. The van der Waals surface area contributed by atoms with Gasteiger partial charge in [-0.3, -0.25) is 4.79 Å². The lowest BCUT2D eigenvalue weighted by Crippen LogP contribution is -2.26. The van der Waals surface area contributed by atoms with Crippen LogP contribution < -0.4 is 0 Å². The highest BCUT2D eigenvalue weighted by Crippen LogP contribution is 2.17. The Bertz CT molecular complexity index is 604. The average molecular weight is 275 g/mol. The minimum Gasteiger partial charge on any atom is -0.464 e. The van der Waals surface area contributed by atoms with E-state index in [1.165, 1.54) is 0 Å². The van der Waals surface area contributed by atoms with Crippen LogP contribution in [-0.4, -0.2) is 17.9 Å². The second-order valence-electron chi connectivity index (χ2n) is 4.67.